The van der Waals surface area contributed by atoms with Crippen LogP contribution in [0.5, 0.6) is 5.75 Å². The van der Waals surface area contributed by atoms with Crippen molar-refractivity contribution < 1.29 is 9.84 Å². The fourth-order valence-corrected chi connectivity index (χ4v) is 2.84. The van der Waals surface area contributed by atoms with E-state index in [1.54, 1.807) is 7.11 Å². The van der Waals surface area contributed by atoms with Crippen LogP contribution in [0.15, 0.2) is 18.2 Å². The van der Waals surface area contributed by atoms with Crippen molar-refractivity contribution >= 4 is 5.69 Å². The molecule has 4 nitrogen and oxygen atoms in total. The first-order valence-corrected chi connectivity index (χ1v) is 7.01. The Labute approximate surface area is 115 Å². The van der Waals surface area contributed by atoms with Crippen molar-refractivity contribution in [3.8, 4) is 5.75 Å². The minimum atomic E-state index is 0.278. The molecule has 1 fully saturated rings. The van der Waals surface area contributed by atoms with E-state index in [-0.39, 0.29) is 6.61 Å². The number of benzene rings is 1. The lowest BCUT2D eigenvalue weighted by Gasteiger charge is -2.35. The summed E-state index contributed by atoms with van der Waals surface area (Å²) in [5, 5.41) is 9.10. The molecule has 1 aliphatic rings. The predicted molar refractivity (Wildman–Crippen MR) is 77.5 cm³/mol. The van der Waals surface area contributed by atoms with Crippen LogP contribution in [-0.4, -0.2) is 31.9 Å². The molecule has 3 N–H and O–H groups in total. The third kappa shape index (κ3) is 3.39. The molecule has 0 aromatic heterocycles. The Bertz CT molecular complexity index is 407. The summed E-state index contributed by atoms with van der Waals surface area (Å²) in [5.41, 5.74) is 8.18. The van der Waals surface area contributed by atoms with E-state index < -0.39 is 0 Å². The summed E-state index contributed by atoms with van der Waals surface area (Å²) in [7, 11) is 1.69. The van der Waals surface area contributed by atoms with Crippen LogP contribution >= 0.6 is 0 Å². The second-order valence-electron chi connectivity index (χ2n) is 5.17. The van der Waals surface area contributed by atoms with Crippen LogP contribution in [-0.2, 0) is 6.54 Å². The molecule has 1 heterocycles. The third-order valence-electron chi connectivity index (χ3n) is 3.91. The Morgan fingerprint density at radius 3 is 3.00 bits per heavy atom. The molecule has 1 aliphatic heterocycles. The summed E-state index contributed by atoms with van der Waals surface area (Å²) in [6.07, 6.45) is 3.27. The summed E-state index contributed by atoms with van der Waals surface area (Å²) in [6.45, 7) is 2.88. The van der Waals surface area contributed by atoms with Crippen LogP contribution in [0.3, 0.4) is 0 Å². The van der Waals surface area contributed by atoms with Crippen molar-refractivity contribution in [2.45, 2.75) is 25.8 Å². The summed E-state index contributed by atoms with van der Waals surface area (Å²) in [6, 6.07) is 6.08. The zero-order valence-corrected chi connectivity index (χ0v) is 11.6. The van der Waals surface area contributed by atoms with Crippen molar-refractivity contribution in [3.63, 3.8) is 0 Å². The van der Waals surface area contributed by atoms with Gasteiger partial charge in [0, 0.05) is 38.0 Å². The van der Waals surface area contributed by atoms with Gasteiger partial charge in [-0.05, 0) is 36.8 Å². The van der Waals surface area contributed by atoms with E-state index in [0.29, 0.717) is 12.5 Å². The number of hydrogen-bond acceptors (Lipinski definition) is 4. The maximum absolute atomic E-state index is 9.10. The van der Waals surface area contributed by atoms with Gasteiger partial charge in [0.15, 0.2) is 0 Å². The van der Waals surface area contributed by atoms with Gasteiger partial charge in [0.25, 0.3) is 0 Å². The Morgan fingerprint density at radius 2 is 2.32 bits per heavy atom. The topological polar surface area (TPSA) is 58.7 Å². The van der Waals surface area contributed by atoms with E-state index in [1.165, 1.54) is 18.5 Å². The van der Waals surface area contributed by atoms with Crippen LogP contribution in [0.4, 0.5) is 5.69 Å². The number of nitrogens with two attached hydrogens (primary N) is 1. The number of nitrogens with zero attached hydrogens (tertiary/aromatic N) is 1. The molecule has 106 valence electrons. The molecule has 0 amide bonds. The van der Waals surface area contributed by atoms with Crippen LogP contribution in [0.1, 0.15) is 24.8 Å². The smallest absolute Gasteiger partial charge is 0.120 e. The lowest BCUT2D eigenvalue weighted by molar-refractivity contribution is 0.244. The van der Waals surface area contributed by atoms with E-state index in [2.05, 4.69) is 11.0 Å². The Morgan fingerprint density at radius 1 is 1.47 bits per heavy atom. The minimum Gasteiger partial charge on any atom is -0.497 e. The Balaban J connectivity index is 2.19. The molecule has 1 aromatic rings. The van der Waals surface area contributed by atoms with Gasteiger partial charge in [0.1, 0.15) is 5.75 Å². The summed E-state index contributed by atoms with van der Waals surface area (Å²) in [4.78, 5) is 2.38. The molecule has 2 rings (SSSR count). The maximum atomic E-state index is 9.10. The molecule has 1 saturated heterocycles. The van der Waals surface area contributed by atoms with Crippen molar-refractivity contribution in [1.82, 2.24) is 0 Å². The van der Waals surface area contributed by atoms with Crippen molar-refractivity contribution in [1.29, 1.82) is 0 Å². The number of hydrogen-bond donors (Lipinski definition) is 2. The molecule has 19 heavy (non-hydrogen) atoms. The molecule has 0 bridgehead atoms. The van der Waals surface area contributed by atoms with Gasteiger partial charge in [-0.15, -0.1) is 0 Å². The van der Waals surface area contributed by atoms with Crippen molar-refractivity contribution in [3.05, 3.63) is 23.8 Å². The first-order chi connectivity index (χ1) is 9.28. The van der Waals surface area contributed by atoms with Gasteiger partial charge < -0.3 is 20.5 Å². The van der Waals surface area contributed by atoms with Crippen molar-refractivity contribution in [2.24, 2.45) is 11.7 Å². The van der Waals surface area contributed by atoms with Crippen LogP contribution in [0.2, 0.25) is 0 Å². The fourth-order valence-electron chi connectivity index (χ4n) is 2.84. The average molecular weight is 264 g/mol. The Kier molecular flexibility index (Phi) is 5.05. The quantitative estimate of drug-likeness (QED) is 0.850. The third-order valence-corrected chi connectivity index (χ3v) is 3.91. The second kappa shape index (κ2) is 6.78. The number of aliphatic hydroxyl groups excluding tert-OH is 1. The van der Waals surface area contributed by atoms with Gasteiger partial charge in [-0.2, -0.15) is 0 Å². The minimum absolute atomic E-state index is 0.278. The first kappa shape index (κ1) is 14.2. The second-order valence-corrected chi connectivity index (χ2v) is 5.17. The van der Waals surface area contributed by atoms with Crippen LogP contribution in [0, 0.1) is 5.92 Å². The van der Waals surface area contributed by atoms with Gasteiger partial charge in [-0.25, -0.2) is 0 Å². The zero-order chi connectivity index (χ0) is 13.7. The van der Waals surface area contributed by atoms with Gasteiger partial charge in [-0.1, -0.05) is 6.07 Å². The number of methoxy groups -OCH3 is 1. The number of rotatable bonds is 5. The standard InChI is InChI=1S/C15H24N2O2/c1-19-14-5-4-13(10-16)15(9-14)17-7-2-3-12(11-17)6-8-18/h4-5,9,12,18H,2-3,6-8,10-11,16H2,1H3. The van der Waals surface area contributed by atoms with Crippen LogP contribution < -0.4 is 15.4 Å². The highest BCUT2D eigenvalue weighted by Gasteiger charge is 2.21. The van der Waals surface area contributed by atoms with Crippen LogP contribution in [0.25, 0.3) is 0 Å². The van der Waals surface area contributed by atoms with Gasteiger partial charge >= 0.3 is 0 Å². The molecule has 0 radical (unpaired) electrons. The molecule has 0 spiro atoms. The molecule has 1 unspecified atom stereocenters. The van der Waals surface area contributed by atoms with E-state index in [1.807, 2.05) is 12.1 Å². The first-order valence-electron chi connectivity index (χ1n) is 7.01. The van der Waals surface area contributed by atoms with Gasteiger partial charge in [0.05, 0.1) is 7.11 Å². The largest absolute Gasteiger partial charge is 0.497 e. The predicted octanol–water partition coefficient (Wildman–Crippen LogP) is 1.75. The molecule has 1 atom stereocenters. The molecular weight excluding hydrogens is 240 g/mol. The van der Waals surface area contributed by atoms with Gasteiger partial charge in [0.2, 0.25) is 0 Å². The SMILES string of the molecule is COc1ccc(CN)c(N2CCCC(CCO)C2)c1. The normalized spacial score (nSPS) is 19.5. The lowest BCUT2D eigenvalue weighted by atomic mass is 9.94. The highest BCUT2D eigenvalue weighted by Crippen LogP contribution is 2.30. The maximum Gasteiger partial charge on any atom is 0.120 e. The number of aliphatic hydroxyl groups is 1. The zero-order valence-electron chi connectivity index (χ0n) is 11.6. The monoisotopic (exact) mass is 264 g/mol. The van der Waals surface area contributed by atoms with E-state index in [4.69, 9.17) is 15.6 Å². The molecule has 0 aliphatic carbocycles. The molecule has 4 heteroatoms. The van der Waals surface area contributed by atoms with Gasteiger partial charge in [-0.3, -0.25) is 0 Å². The highest BCUT2D eigenvalue weighted by atomic mass is 16.5. The van der Waals surface area contributed by atoms with Crippen molar-refractivity contribution in [2.75, 3.05) is 31.7 Å². The number of ether oxygens (including phenoxy) is 1. The molecule has 0 saturated carbocycles. The summed E-state index contributed by atoms with van der Waals surface area (Å²) < 4.78 is 5.31. The highest BCUT2D eigenvalue weighted by molar-refractivity contribution is 5.57. The lowest BCUT2D eigenvalue weighted by Crippen LogP contribution is -2.36. The molecule has 1 aromatic carbocycles. The number of piperidine rings is 1. The van der Waals surface area contributed by atoms with E-state index in [0.717, 1.165) is 30.8 Å². The summed E-state index contributed by atoms with van der Waals surface area (Å²) in [5.74, 6) is 1.45. The average Bonchev–Trinajstić information content (AvgIpc) is 2.47. The van der Waals surface area contributed by atoms with E-state index in [9.17, 15) is 0 Å². The summed E-state index contributed by atoms with van der Waals surface area (Å²) >= 11 is 0. The fraction of sp³-hybridized carbons (Fsp3) is 0.600. The number of anilines is 1. The van der Waals surface area contributed by atoms with E-state index >= 15 is 0 Å². The Hall–Kier alpha value is -1.26. The molecular formula is C15H24N2O2.